The van der Waals surface area contributed by atoms with Crippen LogP contribution in [0.4, 0.5) is 23.5 Å². The van der Waals surface area contributed by atoms with Crippen LogP contribution in [0.5, 0.6) is 0 Å². The van der Waals surface area contributed by atoms with Crippen molar-refractivity contribution in [1.29, 1.82) is 0 Å². The van der Waals surface area contributed by atoms with Crippen molar-refractivity contribution in [3.63, 3.8) is 0 Å². The smallest absolute Gasteiger partial charge is 0.228 e. The third-order valence-corrected chi connectivity index (χ3v) is 9.41. The van der Waals surface area contributed by atoms with Gasteiger partial charge in [-0.15, -0.1) is 0 Å². The molecule has 4 fully saturated rings. The Kier molecular flexibility index (Phi) is 8.38. The van der Waals surface area contributed by atoms with Crippen molar-refractivity contribution in [3.8, 4) is 0 Å². The third-order valence-electron chi connectivity index (χ3n) is 9.41. The van der Waals surface area contributed by atoms with Gasteiger partial charge in [-0.3, -0.25) is 0 Å². The molecule has 4 saturated heterocycles. The summed E-state index contributed by atoms with van der Waals surface area (Å²) in [5, 5.41) is 39.3. The first-order valence-corrected chi connectivity index (χ1v) is 15.3. The van der Waals surface area contributed by atoms with Crippen molar-refractivity contribution < 1.29 is 20.4 Å². The Hall–Kier alpha value is -2.54. The van der Waals surface area contributed by atoms with Crippen LogP contribution in [0.15, 0.2) is 0 Å². The van der Waals surface area contributed by atoms with E-state index >= 15 is 0 Å². The molecule has 2 aromatic rings. The predicted molar refractivity (Wildman–Crippen MR) is 154 cm³/mol. The first-order chi connectivity index (χ1) is 19.7. The van der Waals surface area contributed by atoms with E-state index in [-0.39, 0.29) is 26.4 Å². The number of nitrogens with zero attached hydrogens (tertiary/aromatic N) is 8. The summed E-state index contributed by atoms with van der Waals surface area (Å²) < 4.78 is 0. The Morgan fingerprint density at radius 2 is 0.825 bits per heavy atom. The highest BCUT2D eigenvalue weighted by molar-refractivity contribution is 5.96. The van der Waals surface area contributed by atoms with Crippen LogP contribution < -0.4 is 19.6 Å². The van der Waals surface area contributed by atoms with Gasteiger partial charge < -0.3 is 40.0 Å². The fourth-order valence-electron chi connectivity index (χ4n) is 7.64. The molecule has 4 aliphatic rings. The van der Waals surface area contributed by atoms with Crippen molar-refractivity contribution in [1.82, 2.24) is 19.9 Å². The minimum Gasteiger partial charge on any atom is -0.395 e. The Balaban J connectivity index is 1.59. The van der Waals surface area contributed by atoms with Gasteiger partial charge in [0.15, 0.2) is 11.6 Å². The molecule has 12 heteroatoms. The molecule has 12 nitrogen and oxygen atoms in total. The molecule has 0 radical (unpaired) electrons. The molecule has 220 valence electrons. The molecular formula is C28H44N8O4. The quantitative estimate of drug-likeness (QED) is 0.296. The second-order valence-electron chi connectivity index (χ2n) is 11.7. The molecule has 6 rings (SSSR count). The topological polar surface area (TPSA) is 145 Å². The zero-order valence-corrected chi connectivity index (χ0v) is 23.4. The third kappa shape index (κ3) is 5.03. The molecule has 0 amide bonds. The summed E-state index contributed by atoms with van der Waals surface area (Å²) in [4.78, 5) is 29.0. The lowest BCUT2D eigenvalue weighted by atomic mass is 10.0. The largest absolute Gasteiger partial charge is 0.395 e. The molecule has 0 unspecified atom stereocenters. The summed E-state index contributed by atoms with van der Waals surface area (Å²) >= 11 is 0. The Bertz CT molecular complexity index is 1040. The summed E-state index contributed by atoms with van der Waals surface area (Å²) in [5.41, 5.74) is 1.42. The molecule has 4 aliphatic heterocycles. The number of aliphatic hydroxyl groups excluding tert-OH is 4. The lowest BCUT2D eigenvalue weighted by molar-refractivity contribution is 0.279. The van der Waals surface area contributed by atoms with Gasteiger partial charge in [0.2, 0.25) is 11.9 Å². The van der Waals surface area contributed by atoms with E-state index in [4.69, 9.17) is 19.9 Å². The normalized spacial score (nSPS) is 25.7. The highest BCUT2D eigenvalue weighted by Crippen LogP contribution is 2.45. The van der Waals surface area contributed by atoms with E-state index in [2.05, 4.69) is 9.80 Å². The van der Waals surface area contributed by atoms with Gasteiger partial charge in [0.05, 0.1) is 26.4 Å². The second-order valence-corrected chi connectivity index (χ2v) is 11.7. The number of aliphatic hydroxyl groups is 4. The van der Waals surface area contributed by atoms with E-state index in [9.17, 15) is 20.4 Å². The standard InChI is InChI=1S/C28H44N8O4/c37-15-11-33(12-16-38)27-30-24-23(25(31-27)35-19-3-1-4-20(35)8-7-19)29-28(34(13-17-39)14-18-40)32-26(24)36-21-5-2-6-22(36)10-9-21/h19-22,37-40H,1-18H2/t19-,20+,21-,22+. The van der Waals surface area contributed by atoms with Crippen LogP contribution in [0.3, 0.4) is 0 Å². The van der Waals surface area contributed by atoms with Crippen LogP contribution in [0, 0.1) is 0 Å². The zero-order valence-electron chi connectivity index (χ0n) is 23.4. The number of fused-ring (bicyclic) bond motifs is 5. The van der Waals surface area contributed by atoms with Gasteiger partial charge in [0.25, 0.3) is 0 Å². The molecule has 40 heavy (non-hydrogen) atoms. The maximum absolute atomic E-state index is 9.82. The van der Waals surface area contributed by atoms with Crippen LogP contribution in [0.2, 0.25) is 0 Å². The van der Waals surface area contributed by atoms with Crippen LogP contribution in [-0.2, 0) is 0 Å². The van der Waals surface area contributed by atoms with Crippen molar-refractivity contribution in [2.45, 2.75) is 88.4 Å². The molecular weight excluding hydrogens is 512 g/mol. The van der Waals surface area contributed by atoms with E-state index in [0.29, 0.717) is 73.3 Å². The fraction of sp³-hybridized carbons (Fsp3) is 0.786. The summed E-state index contributed by atoms with van der Waals surface area (Å²) in [7, 11) is 0. The van der Waals surface area contributed by atoms with E-state index < -0.39 is 0 Å². The van der Waals surface area contributed by atoms with Crippen LogP contribution in [0.1, 0.15) is 64.2 Å². The molecule has 0 saturated carbocycles. The summed E-state index contributed by atoms with van der Waals surface area (Å²) in [5.74, 6) is 2.57. The SMILES string of the molecule is OCCN(CCO)c1nc(N2[C@@H]3CCC[C@H]2CC3)c2nc(N(CCO)CCO)nc(N3[C@@H]4CCC[C@H]3CC4)c2n1. The Labute approximate surface area is 235 Å². The average Bonchev–Trinajstić information content (AvgIpc) is 3.36. The molecule has 0 aliphatic carbocycles. The summed E-state index contributed by atoms with van der Waals surface area (Å²) in [6.45, 7) is 1.02. The fourth-order valence-corrected chi connectivity index (χ4v) is 7.64. The number of piperidine rings is 2. The van der Waals surface area contributed by atoms with Gasteiger partial charge in [-0.05, 0) is 64.2 Å². The molecule has 0 aromatic carbocycles. The van der Waals surface area contributed by atoms with Crippen LogP contribution >= 0.6 is 0 Å². The zero-order chi connectivity index (χ0) is 27.6. The first kappa shape index (κ1) is 27.6. The minimum absolute atomic E-state index is 0.0679. The molecule has 4 N–H and O–H groups in total. The number of rotatable bonds is 12. The van der Waals surface area contributed by atoms with Crippen molar-refractivity contribution in [2.75, 3.05) is 72.2 Å². The van der Waals surface area contributed by atoms with Crippen LogP contribution in [-0.4, -0.2) is 117 Å². The lowest BCUT2D eigenvalue weighted by Gasteiger charge is -2.38. The van der Waals surface area contributed by atoms with Crippen molar-refractivity contribution in [3.05, 3.63) is 0 Å². The molecule has 4 atom stereocenters. The summed E-state index contributed by atoms with van der Waals surface area (Å²) in [6, 6.07) is 1.58. The predicted octanol–water partition coefficient (Wildman–Crippen LogP) is 1.04. The lowest BCUT2D eigenvalue weighted by Crippen LogP contribution is -2.42. The maximum atomic E-state index is 9.82. The van der Waals surface area contributed by atoms with Crippen molar-refractivity contribution >= 4 is 34.6 Å². The van der Waals surface area contributed by atoms with E-state index in [1.165, 1.54) is 12.8 Å². The maximum Gasteiger partial charge on any atom is 0.228 e. The minimum atomic E-state index is -0.0679. The Morgan fingerprint density at radius 1 is 0.500 bits per heavy atom. The molecule has 6 heterocycles. The van der Waals surface area contributed by atoms with E-state index in [1.807, 2.05) is 9.80 Å². The molecule has 0 spiro atoms. The average molecular weight is 557 g/mol. The highest BCUT2D eigenvalue weighted by atomic mass is 16.3. The van der Waals surface area contributed by atoms with Gasteiger partial charge in [-0.1, -0.05) is 0 Å². The van der Waals surface area contributed by atoms with Gasteiger partial charge in [-0.2, -0.15) is 9.97 Å². The van der Waals surface area contributed by atoms with E-state index in [0.717, 1.165) is 63.0 Å². The molecule has 2 aromatic heterocycles. The number of hydrogen-bond acceptors (Lipinski definition) is 12. The summed E-state index contributed by atoms with van der Waals surface area (Å²) in [6.07, 6.45) is 11.4. The number of aromatic nitrogens is 4. The Morgan fingerprint density at radius 3 is 1.12 bits per heavy atom. The van der Waals surface area contributed by atoms with Gasteiger partial charge >= 0.3 is 0 Å². The van der Waals surface area contributed by atoms with Crippen molar-refractivity contribution in [2.24, 2.45) is 0 Å². The monoisotopic (exact) mass is 556 g/mol. The van der Waals surface area contributed by atoms with Crippen LogP contribution in [0.25, 0.3) is 11.0 Å². The van der Waals surface area contributed by atoms with Gasteiger partial charge in [-0.25, -0.2) is 9.97 Å². The van der Waals surface area contributed by atoms with Gasteiger partial charge in [0, 0.05) is 50.3 Å². The molecule has 4 bridgehead atoms. The highest BCUT2D eigenvalue weighted by Gasteiger charge is 2.42. The number of hydrogen-bond donors (Lipinski definition) is 4. The second kappa shape index (κ2) is 12.1. The first-order valence-electron chi connectivity index (χ1n) is 15.3. The van der Waals surface area contributed by atoms with Gasteiger partial charge in [0.1, 0.15) is 11.0 Å². The number of anilines is 4. The van der Waals surface area contributed by atoms with E-state index in [1.54, 1.807) is 0 Å².